The number of nitrogens with zero attached hydrogens (tertiary/aromatic N) is 2. The Kier molecular flexibility index (Phi) is 6.08. The molecule has 0 aliphatic heterocycles. The van der Waals surface area contributed by atoms with Gasteiger partial charge in [0, 0.05) is 17.6 Å². The Morgan fingerprint density at radius 3 is 2.52 bits per heavy atom. The van der Waals surface area contributed by atoms with Gasteiger partial charge in [0.25, 0.3) is 5.91 Å². The van der Waals surface area contributed by atoms with Crippen LogP contribution in [0, 0.1) is 0 Å². The van der Waals surface area contributed by atoms with Gasteiger partial charge in [-0.3, -0.25) is 4.79 Å². The van der Waals surface area contributed by atoms with Crippen molar-refractivity contribution in [3.63, 3.8) is 0 Å². The monoisotopic (exact) mass is 412 g/mol. The summed E-state index contributed by atoms with van der Waals surface area (Å²) in [5.74, 6) is 1.13. The number of rotatable bonds is 7. The first-order valence-electron chi connectivity index (χ1n) is 10.2. The van der Waals surface area contributed by atoms with Crippen molar-refractivity contribution in [2.75, 3.05) is 12.4 Å². The van der Waals surface area contributed by atoms with Gasteiger partial charge in [-0.2, -0.15) is 0 Å². The lowest BCUT2D eigenvalue weighted by Crippen LogP contribution is -2.25. The minimum atomic E-state index is -0.335. The first kappa shape index (κ1) is 20.3. The molecule has 4 aromatic rings. The van der Waals surface area contributed by atoms with Crippen molar-refractivity contribution in [1.82, 2.24) is 15.3 Å². The van der Waals surface area contributed by atoms with E-state index in [1.165, 1.54) is 5.56 Å². The number of hydrogen-bond acceptors (Lipinski definition) is 5. The molecule has 0 fully saturated rings. The minimum absolute atomic E-state index is 0.120. The Bertz CT molecular complexity index is 1210. The number of carbonyl (C=O) groups excluding carboxylic acids is 1. The number of aromatic nitrogens is 2. The molecule has 0 radical (unpaired) electrons. The van der Waals surface area contributed by atoms with E-state index in [2.05, 4.69) is 39.7 Å². The topological polar surface area (TPSA) is 76.1 Å². The Labute approximate surface area is 181 Å². The van der Waals surface area contributed by atoms with Crippen LogP contribution in [-0.4, -0.2) is 23.0 Å². The normalized spacial score (nSPS) is 10.6. The highest BCUT2D eigenvalue weighted by atomic mass is 16.5. The van der Waals surface area contributed by atoms with Crippen LogP contribution in [0.2, 0.25) is 0 Å². The molecule has 0 aliphatic carbocycles. The number of aryl methyl sites for hydroxylation is 1. The number of benzene rings is 3. The van der Waals surface area contributed by atoms with Gasteiger partial charge in [-0.1, -0.05) is 43.3 Å². The smallest absolute Gasteiger partial charge is 0.289 e. The molecule has 0 aliphatic rings. The molecule has 0 saturated carbocycles. The zero-order valence-electron chi connectivity index (χ0n) is 17.6. The number of methoxy groups -OCH3 is 1. The van der Waals surface area contributed by atoms with Gasteiger partial charge in [-0.15, -0.1) is 0 Å². The summed E-state index contributed by atoms with van der Waals surface area (Å²) < 4.78 is 5.24. The summed E-state index contributed by atoms with van der Waals surface area (Å²) in [7, 11) is 1.62. The Balaban J connectivity index is 1.59. The largest absolute Gasteiger partial charge is 0.497 e. The zero-order valence-corrected chi connectivity index (χ0v) is 17.6. The number of nitrogens with one attached hydrogen (secondary N) is 2. The predicted molar refractivity (Wildman–Crippen MR) is 123 cm³/mol. The standard InChI is InChI=1S/C25H24N4O2/c1-3-17-11-13-19(14-12-17)27-23-21-9-4-5-10-22(21)28-24(29-23)25(30)26-16-18-7-6-8-20(15-18)31-2/h4-15H,3,16H2,1-2H3,(H,26,30)(H,27,28,29). The third kappa shape index (κ3) is 4.80. The van der Waals surface area contributed by atoms with Gasteiger partial charge in [0.2, 0.25) is 5.82 Å². The quantitative estimate of drug-likeness (QED) is 0.453. The molecule has 0 unspecified atom stereocenters. The molecule has 6 heteroatoms. The van der Waals surface area contributed by atoms with Crippen LogP contribution in [0.25, 0.3) is 10.9 Å². The maximum atomic E-state index is 12.8. The highest BCUT2D eigenvalue weighted by molar-refractivity contribution is 5.97. The van der Waals surface area contributed by atoms with Gasteiger partial charge < -0.3 is 15.4 Å². The Morgan fingerprint density at radius 1 is 0.935 bits per heavy atom. The van der Waals surface area contributed by atoms with Crippen LogP contribution in [0.5, 0.6) is 5.75 Å². The fourth-order valence-corrected chi connectivity index (χ4v) is 3.28. The van der Waals surface area contributed by atoms with Crippen LogP contribution < -0.4 is 15.4 Å². The lowest BCUT2D eigenvalue weighted by molar-refractivity contribution is 0.0941. The van der Waals surface area contributed by atoms with Crippen LogP contribution in [0.3, 0.4) is 0 Å². The second-order valence-corrected chi connectivity index (χ2v) is 7.12. The van der Waals surface area contributed by atoms with Crippen LogP contribution in [0.15, 0.2) is 72.8 Å². The lowest BCUT2D eigenvalue weighted by atomic mass is 10.1. The molecule has 4 rings (SSSR count). The molecule has 0 spiro atoms. The predicted octanol–water partition coefficient (Wildman–Crippen LogP) is 4.87. The molecule has 6 nitrogen and oxygen atoms in total. The average molecular weight is 412 g/mol. The number of amides is 1. The lowest BCUT2D eigenvalue weighted by Gasteiger charge is -2.12. The van der Waals surface area contributed by atoms with Crippen molar-refractivity contribution in [2.45, 2.75) is 19.9 Å². The molecular weight excluding hydrogens is 388 g/mol. The van der Waals surface area contributed by atoms with E-state index < -0.39 is 0 Å². The fourth-order valence-electron chi connectivity index (χ4n) is 3.28. The maximum absolute atomic E-state index is 12.8. The summed E-state index contributed by atoms with van der Waals surface area (Å²) in [6, 6.07) is 23.4. The van der Waals surface area contributed by atoms with Crippen LogP contribution in [-0.2, 0) is 13.0 Å². The van der Waals surface area contributed by atoms with Gasteiger partial charge >= 0.3 is 0 Å². The Hall–Kier alpha value is -3.93. The molecule has 1 aromatic heterocycles. The average Bonchev–Trinajstić information content (AvgIpc) is 2.83. The van der Waals surface area contributed by atoms with Crippen molar-refractivity contribution in [2.24, 2.45) is 0 Å². The number of ether oxygens (including phenoxy) is 1. The van der Waals surface area contributed by atoms with Crippen molar-refractivity contribution >= 4 is 28.3 Å². The molecule has 0 saturated heterocycles. The maximum Gasteiger partial charge on any atom is 0.289 e. The highest BCUT2D eigenvalue weighted by Gasteiger charge is 2.14. The molecule has 3 aromatic carbocycles. The minimum Gasteiger partial charge on any atom is -0.497 e. The van der Waals surface area contributed by atoms with Gasteiger partial charge in [-0.05, 0) is 53.9 Å². The molecule has 31 heavy (non-hydrogen) atoms. The second-order valence-electron chi connectivity index (χ2n) is 7.12. The van der Waals surface area contributed by atoms with Crippen LogP contribution in [0.1, 0.15) is 28.7 Å². The van der Waals surface area contributed by atoms with E-state index in [9.17, 15) is 4.79 Å². The number of hydrogen-bond donors (Lipinski definition) is 2. The summed E-state index contributed by atoms with van der Waals surface area (Å²) in [5.41, 5.74) is 3.80. The molecule has 0 bridgehead atoms. The van der Waals surface area contributed by atoms with Crippen molar-refractivity contribution in [3.8, 4) is 5.75 Å². The van der Waals surface area contributed by atoms with E-state index in [-0.39, 0.29) is 11.7 Å². The molecule has 1 heterocycles. The Morgan fingerprint density at radius 2 is 1.74 bits per heavy atom. The van der Waals surface area contributed by atoms with E-state index in [0.29, 0.717) is 17.9 Å². The van der Waals surface area contributed by atoms with Crippen LogP contribution in [0.4, 0.5) is 11.5 Å². The number of anilines is 2. The van der Waals surface area contributed by atoms with E-state index in [1.54, 1.807) is 7.11 Å². The van der Waals surface area contributed by atoms with E-state index >= 15 is 0 Å². The molecule has 156 valence electrons. The van der Waals surface area contributed by atoms with Gasteiger partial charge in [0.1, 0.15) is 11.6 Å². The van der Waals surface area contributed by atoms with Gasteiger partial charge in [0.15, 0.2) is 0 Å². The van der Waals surface area contributed by atoms with Crippen molar-refractivity contribution in [3.05, 3.63) is 89.7 Å². The summed E-state index contributed by atoms with van der Waals surface area (Å²) in [6.07, 6.45) is 0.980. The molecule has 2 N–H and O–H groups in total. The summed E-state index contributed by atoms with van der Waals surface area (Å²) in [5, 5.41) is 7.08. The molecular formula is C25H24N4O2. The van der Waals surface area contributed by atoms with E-state index in [4.69, 9.17) is 4.74 Å². The zero-order chi connectivity index (χ0) is 21.6. The van der Waals surface area contributed by atoms with E-state index in [1.807, 2.05) is 60.7 Å². The first-order chi connectivity index (χ1) is 15.2. The third-order valence-corrected chi connectivity index (χ3v) is 5.02. The number of para-hydroxylation sites is 1. The fraction of sp³-hybridized carbons (Fsp3) is 0.160. The highest BCUT2D eigenvalue weighted by Crippen LogP contribution is 2.24. The third-order valence-electron chi connectivity index (χ3n) is 5.02. The van der Waals surface area contributed by atoms with Gasteiger partial charge in [0.05, 0.1) is 12.6 Å². The van der Waals surface area contributed by atoms with Crippen molar-refractivity contribution < 1.29 is 9.53 Å². The first-order valence-corrected chi connectivity index (χ1v) is 10.2. The summed E-state index contributed by atoms with van der Waals surface area (Å²) >= 11 is 0. The number of fused-ring (bicyclic) bond motifs is 1. The van der Waals surface area contributed by atoms with Gasteiger partial charge in [-0.25, -0.2) is 9.97 Å². The molecule has 1 amide bonds. The van der Waals surface area contributed by atoms with E-state index in [0.717, 1.165) is 28.8 Å². The summed E-state index contributed by atoms with van der Waals surface area (Å²) in [6.45, 7) is 2.48. The number of carbonyl (C=O) groups is 1. The molecule has 0 atom stereocenters. The van der Waals surface area contributed by atoms with Crippen molar-refractivity contribution in [1.29, 1.82) is 0 Å². The SMILES string of the molecule is CCc1ccc(Nc2nc(C(=O)NCc3cccc(OC)c3)nc3ccccc23)cc1. The second kappa shape index (κ2) is 9.26. The summed E-state index contributed by atoms with van der Waals surface area (Å²) in [4.78, 5) is 21.8. The van der Waals surface area contributed by atoms with Crippen LogP contribution >= 0.6 is 0 Å².